The van der Waals surface area contributed by atoms with Crippen LogP contribution in [0, 0.1) is 0 Å². The van der Waals surface area contributed by atoms with E-state index >= 15 is 0 Å². The predicted molar refractivity (Wildman–Crippen MR) is 98.5 cm³/mol. The highest BCUT2D eigenvalue weighted by molar-refractivity contribution is 5.68. The van der Waals surface area contributed by atoms with Gasteiger partial charge in [0.15, 0.2) is 0 Å². The molecule has 1 amide bonds. The molecule has 3 rings (SSSR count). The van der Waals surface area contributed by atoms with E-state index in [9.17, 15) is 4.79 Å². The molecule has 1 unspecified atom stereocenters. The zero-order valence-electron chi connectivity index (χ0n) is 15.7. The third kappa shape index (κ3) is 5.18. The summed E-state index contributed by atoms with van der Waals surface area (Å²) < 4.78 is 5.35. The number of carbonyl (C=O) groups is 1. The van der Waals surface area contributed by atoms with Crippen LogP contribution in [0.15, 0.2) is 18.3 Å². The van der Waals surface area contributed by atoms with Crippen LogP contribution in [-0.4, -0.2) is 28.8 Å². The van der Waals surface area contributed by atoms with Crippen LogP contribution in [0.3, 0.4) is 0 Å². The summed E-state index contributed by atoms with van der Waals surface area (Å²) in [7, 11) is 0. The molecule has 1 aromatic rings. The van der Waals surface area contributed by atoms with Gasteiger partial charge in [-0.2, -0.15) is 0 Å². The van der Waals surface area contributed by atoms with Crippen molar-refractivity contribution in [2.24, 2.45) is 0 Å². The molecular weight excluding hydrogens is 314 g/mol. The Labute approximate surface area is 150 Å². The van der Waals surface area contributed by atoms with E-state index < -0.39 is 5.60 Å². The molecule has 5 heteroatoms. The smallest absolute Gasteiger partial charge is 0.407 e. The predicted octanol–water partition coefficient (Wildman–Crippen LogP) is 3.88. The van der Waals surface area contributed by atoms with E-state index in [1.807, 2.05) is 33.0 Å². The van der Waals surface area contributed by atoms with Gasteiger partial charge in [-0.3, -0.25) is 4.98 Å². The minimum atomic E-state index is -0.440. The summed E-state index contributed by atoms with van der Waals surface area (Å²) in [5.74, 6) is 0. The number of aryl methyl sites for hydroxylation is 1. The lowest BCUT2D eigenvalue weighted by atomic mass is 9.87. The summed E-state index contributed by atoms with van der Waals surface area (Å²) in [5, 5.41) is 6.83. The van der Waals surface area contributed by atoms with Gasteiger partial charge in [0, 0.05) is 24.3 Å². The van der Waals surface area contributed by atoms with Gasteiger partial charge in [-0.25, -0.2) is 4.79 Å². The van der Waals surface area contributed by atoms with Crippen LogP contribution in [0.25, 0.3) is 0 Å². The van der Waals surface area contributed by atoms with E-state index in [-0.39, 0.29) is 12.1 Å². The van der Waals surface area contributed by atoms with Crippen LogP contribution < -0.4 is 10.6 Å². The van der Waals surface area contributed by atoms with Gasteiger partial charge in [0.2, 0.25) is 0 Å². The molecule has 1 saturated carbocycles. The summed E-state index contributed by atoms with van der Waals surface area (Å²) in [6, 6.07) is 5.36. The van der Waals surface area contributed by atoms with Crippen LogP contribution in [0.4, 0.5) is 4.79 Å². The molecule has 2 aliphatic carbocycles. The minimum Gasteiger partial charge on any atom is -0.444 e. The third-order valence-electron chi connectivity index (χ3n) is 5.08. The number of ether oxygens (including phenoxy) is 1. The Morgan fingerprint density at radius 3 is 2.60 bits per heavy atom. The Kier molecular flexibility index (Phi) is 5.62. The highest BCUT2D eigenvalue weighted by Gasteiger charge is 2.28. The standard InChI is InChI=1S/C20H31N3O2/c1-20(2,3)25-19(24)23-16-11-9-15(10-12-16)22-17-8-4-6-14-7-5-13-21-18(14)17/h5,7,13,15-17,22H,4,6,8-12H2,1-3H3,(H,23,24)/t15-,16-,17?. The zero-order valence-corrected chi connectivity index (χ0v) is 15.7. The number of carbonyl (C=O) groups excluding carboxylic acids is 1. The summed E-state index contributed by atoms with van der Waals surface area (Å²) in [5.41, 5.74) is 2.19. The molecule has 2 N–H and O–H groups in total. The molecule has 25 heavy (non-hydrogen) atoms. The number of fused-ring (bicyclic) bond motifs is 1. The normalized spacial score (nSPS) is 26.6. The number of nitrogens with zero attached hydrogens (tertiary/aromatic N) is 1. The molecular formula is C20H31N3O2. The van der Waals surface area contributed by atoms with Crippen molar-refractivity contribution in [1.82, 2.24) is 15.6 Å². The second kappa shape index (κ2) is 7.73. The second-order valence-electron chi connectivity index (χ2n) is 8.35. The van der Waals surface area contributed by atoms with Crippen molar-refractivity contribution >= 4 is 6.09 Å². The largest absolute Gasteiger partial charge is 0.444 e. The van der Waals surface area contributed by atoms with E-state index in [4.69, 9.17) is 4.74 Å². The quantitative estimate of drug-likeness (QED) is 0.872. The first kappa shape index (κ1) is 18.2. The molecule has 0 radical (unpaired) electrons. The molecule has 0 aliphatic heterocycles. The molecule has 0 spiro atoms. The first-order chi connectivity index (χ1) is 11.9. The first-order valence-electron chi connectivity index (χ1n) is 9.60. The van der Waals surface area contributed by atoms with Crippen molar-refractivity contribution in [1.29, 1.82) is 0 Å². The van der Waals surface area contributed by atoms with E-state index in [0.717, 1.165) is 32.1 Å². The molecule has 5 nitrogen and oxygen atoms in total. The van der Waals surface area contributed by atoms with E-state index in [1.54, 1.807) is 0 Å². The number of rotatable bonds is 3. The molecule has 0 bridgehead atoms. The average Bonchev–Trinajstić information content (AvgIpc) is 2.55. The Morgan fingerprint density at radius 1 is 1.16 bits per heavy atom. The summed E-state index contributed by atoms with van der Waals surface area (Å²) in [6.07, 6.45) is 9.31. The van der Waals surface area contributed by atoms with Gasteiger partial charge in [0.25, 0.3) is 0 Å². The number of alkyl carbamates (subject to hydrolysis) is 1. The van der Waals surface area contributed by atoms with Crippen molar-refractivity contribution in [2.75, 3.05) is 0 Å². The van der Waals surface area contributed by atoms with Gasteiger partial charge in [-0.05, 0) is 77.3 Å². The second-order valence-corrected chi connectivity index (χ2v) is 8.35. The number of hydrogen-bond acceptors (Lipinski definition) is 4. The van der Waals surface area contributed by atoms with Crippen molar-refractivity contribution in [2.45, 2.75) is 89.4 Å². The highest BCUT2D eigenvalue weighted by Crippen LogP contribution is 2.30. The Bertz CT molecular complexity index is 589. The number of amides is 1. The lowest BCUT2D eigenvalue weighted by Gasteiger charge is -2.34. The van der Waals surface area contributed by atoms with Gasteiger partial charge < -0.3 is 15.4 Å². The van der Waals surface area contributed by atoms with Crippen LogP contribution in [0.2, 0.25) is 0 Å². The maximum absolute atomic E-state index is 11.9. The van der Waals surface area contributed by atoms with E-state index in [1.165, 1.54) is 24.1 Å². The molecule has 1 aromatic heterocycles. The van der Waals surface area contributed by atoms with Crippen molar-refractivity contribution < 1.29 is 9.53 Å². The fraction of sp³-hybridized carbons (Fsp3) is 0.700. The summed E-state index contributed by atoms with van der Waals surface area (Å²) in [6.45, 7) is 5.68. The van der Waals surface area contributed by atoms with Crippen molar-refractivity contribution in [3.05, 3.63) is 29.6 Å². The highest BCUT2D eigenvalue weighted by atomic mass is 16.6. The molecule has 138 valence electrons. The molecule has 2 aliphatic rings. The zero-order chi connectivity index (χ0) is 17.9. The van der Waals surface area contributed by atoms with Crippen LogP contribution >= 0.6 is 0 Å². The Morgan fingerprint density at radius 2 is 1.88 bits per heavy atom. The number of pyridine rings is 1. The number of nitrogens with one attached hydrogen (secondary N) is 2. The fourth-order valence-corrected chi connectivity index (χ4v) is 3.93. The summed E-state index contributed by atoms with van der Waals surface area (Å²) >= 11 is 0. The van der Waals surface area contributed by atoms with Crippen LogP contribution in [0.1, 0.15) is 76.6 Å². The topological polar surface area (TPSA) is 63.2 Å². The number of hydrogen-bond donors (Lipinski definition) is 2. The molecule has 1 atom stereocenters. The van der Waals surface area contributed by atoms with Crippen LogP contribution in [0.5, 0.6) is 0 Å². The van der Waals surface area contributed by atoms with Crippen molar-refractivity contribution in [3.8, 4) is 0 Å². The lowest BCUT2D eigenvalue weighted by Crippen LogP contribution is -2.45. The molecule has 0 saturated heterocycles. The fourth-order valence-electron chi connectivity index (χ4n) is 3.93. The molecule has 0 aromatic carbocycles. The van der Waals surface area contributed by atoms with Gasteiger partial charge >= 0.3 is 6.09 Å². The van der Waals surface area contributed by atoms with Gasteiger partial charge in [-0.1, -0.05) is 6.07 Å². The Hall–Kier alpha value is -1.62. The van der Waals surface area contributed by atoms with Gasteiger partial charge in [0.05, 0.1) is 5.69 Å². The van der Waals surface area contributed by atoms with Crippen molar-refractivity contribution in [3.63, 3.8) is 0 Å². The molecule has 1 heterocycles. The Balaban J connectivity index is 1.47. The monoisotopic (exact) mass is 345 g/mol. The number of aromatic nitrogens is 1. The third-order valence-corrected chi connectivity index (χ3v) is 5.08. The minimum absolute atomic E-state index is 0.227. The maximum Gasteiger partial charge on any atom is 0.407 e. The maximum atomic E-state index is 11.9. The van der Waals surface area contributed by atoms with E-state index in [2.05, 4.69) is 21.7 Å². The van der Waals surface area contributed by atoms with Gasteiger partial charge in [-0.15, -0.1) is 0 Å². The van der Waals surface area contributed by atoms with E-state index in [0.29, 0.717) is 12.1 Å². The van der Waals surface area contributed by atoms with Gasteiger partial charge in [0.1, 0.15) is 5.60 Å². The lowest BCUT2D eigenvalue weighted by molar-refractivity contribution is 0.0489. The average molecular weight is 345 g/mol. The first-order valence-corrected chi connectivity index (χ1v) is 9.60. The van der Waals surface area contributed by atoms with Crippen LogP contribution in [-0.2, 0) is 11.2 Å². The SMILES string of the molecule is CC(C)(C)OC(=O)N[C@H]1CC[C@H](NC2CCCc3cccnc32)CC1. The summed E-state index contributed by atoms with van der Waals surface area (Å²) in [4.78, 5) is 16.5. The molecule has 1 fully saturated rings.